The normalized spacial score (nSPS) is 12.1. The lowest BCUT2D eigenvalue weighted by atomic mass is 10.0. The average Bonchev–Trinajstić information content (AvgIpc) is 3.12. The van der Waals surface area contributed by atoms with Crippen molar-refractivity contribution in [2.45, 2.75) is 259 Å². The van der Waals surface area contributed by atoms with Crippen molar-refractivity contribution in [3.63, 3.8) is 0 Å². The summed E-state index contributed by atoms with van der Waals surface area (Å²) in [4.78, 5) is 37.7. The summed E-state index contributed by atoms with van der Waals surface area (Å²) in [6.45, 7) is 11.3. The van der Waals surface area contributed by atoms with Crippen molar-refractivity contribution in [2.24, 2.45) is 11.8 Å². The molecule has 314 valence electrons. The Morgan fingerprint density at radius 2 is 0.623 bits per heavy atom. The van der Waals surface area contributed by atoms with Crippen LogP contribution in [0.5, 0.6) is 0 Å². The molecular weight excluding hydrogens is 661 g/mol. The largest absolute Gasteiger partial charge is 0.462 e. The van der Waals surface area contributed by atoms with Gasteiger partial charge in [-0.2, -0.15) is 0 Å². The van der Waals surface area contributed by atoms with Crippen LogP contribution in [-0.2, 0) is 28.6 Å². The van der Waals surface area contributed by atoms with Crippen LogP contribution in [0.1, 0.15) is 253 Å². The van der Waals surface area contributed by atoms with Gasteiger partial charge in [0.05, 0.1) is 0 Å². The first kappa shape index (κ1) is 51.4. The number of unbranched alkanes of at least 4 members (excludes halogenated alkanes) is 26. The summed E-state index contributed by atoms with van der Waals surface area (Å²) in [5, 5.41) is 0. The number of ether oxygens (including phenoxy) is 3. The van der Waals surface area contributed by atoms with Crippen molar-refractivity contribution < 1.29 is 28.6 Å². The topological polar surface area (TPSA) is 78.9 Å². The molecule has 0 bridgehead atoms. The Labute approximate surface area is 329 Å². The van der Waals surface area contributed by atoms with E-state index in [1.807, 2.05) is 0 Å². The van der Waals surface area contributed by atoms with E-state index in [1.54, 1.807) is 0 Å². The minimum atomic E-state index is -0.760. The Balaban J connectivity index is 4.31. The molecule has 53 heavy (non-hydrogen) atoms. The van der Waals surface area contributed by atoms with E-state index in [9.17, 15) is 14.4 Å². The van der Waals surface area contributed by atoms with Crippen LogP contribution in [0.3, 0.4) is 0 Å². The predicted molar refractivity (Wildman–Crippen MR) is 224 cm³/mol. The SMILES string of the molecule is CCCCCCCCCCCCC(=O)OC[C@@H](COC(=O)CCCCCCCCCC(C)C)OC(=O)CCCCCCCCCCCCCCC(C)C. The Hall–Kier alpha value is -1.59. The number of carbonyl (C=O) groups excluding carboxylic acids is 3. The lowest BCUT2D eigenvalue weighted by Gasteiger charge is -2.18. The standard InChI is InChI=1S/C47H90O6/c1-6-7-8-9-10-11-17-22-27-32-37-45(48)51-40-44(41-52-46(49)38-33-28-24-19-21-26-31-36-43(4)5)53-47(50)39-34-29-23-18-15-13-12-14-16-20-25-30-35-42(2)3/h42-44H,6-41H2,1-5H3/t44-/m0/s1. The molecule has 0 saturated carbocycles. The molecule has 0 fully saturated rings. The highest BCUT2D eigenvalue weighted by Gasteiger charge is 2.19. The Morgan fingerprint density at radius 3 is 0.925 bits per heavy atom. The zero-order valence-electron chi connectivity index (χ0n) is 36.1. The van der Waals surface area contributed by atoms with Crippen LogP contribution in [0.25, 0.3) is 0 Å². The van der Waals surface area contributed by atoms with E-state index >= 15 is 0 Å². The molecular formula is C47H90O6. The van der Waals surface area contributed by atoms with Gasteiger partial charge in [0.25, 0.3) is 0 Å². The second-order valence-corrected chi connectivity index (χ2v) is 17.0. The monoisotopic (exact) mass is 751 g/mol. The van der Waals surface area contributed by atoms with Gasteiger partial charge in [-0.25, -0.2) is 0 Å². The summed E-state index contributed by atoms with van der Waals surface area (Å²) >= 11 is 0. The van der Waals surface area contributed by atoms with E-state index < -0.39 is 6.10 Å². The zero-order valence-corrected chi connectivity index (χ0v) is 36.1. The molecule has 0 N–H and O–H groups in total. The van der Waals surface area contributed by atoms with Crippen LogP contribution in [0.2, 0.25) is 0 Å². The molecule has 1 atom stereocenters. The van der Waals surface area contributed by atoms with E-state index in [0.717, 1.165) is 69.6 Å². The maximum Gasteiger partial charge on any atom is 0.306 e. The predicted octanol–water partition coefficient (Wildman–Crippen LogP) is 14.6. The van der Waals surface area contributed by atoms with Gasteiger partial charge in [-0.15, -0.1) is 0 Å². The van der Waals surface area contributed by atoms with Gasteiger partial charge in [0, 0.05) is 19.3 Å². The first-order valence-corrected chi connectivity index (χ1v) is 23.2. The number of hydrogen-bond donors (Lipinski definition) is 0. The van der Waals surface area contributed by atoms with Gasteiger partial charge in [-0.1, -0.05) is 214 Å². The second kappa shape index (κ2) is 40.1. The summed E-state index contributed by atoms with van der Waals surface area (Å²) in [6.07, 6.45) is 38.1. The average molecular weight is 751 g/mol. The lowest BCUT2D eigenvalue weighted by molar-refractivity contribution is -0.167. The van der Waals surface area contributed by atoms with E-state index in [1.165, 1.54) is 141 Å². The van der Waals surface area contributed by atoms with Crippen LogP contribution in [-0.4, -0.2) is 37.2 Å². The Morgan fingerprint density at radius 1 is 0.358 bits per heavy atom. The van der Waals surface area contributed by atoms with Gasteiger partial charge in [0.15, 0.2) is 6.10 Å². The molecule has 0 aliphatic rings. The molecule has 0 aromatic carbocycles. The van der Waals surface area contributed by atoms with E-state index in [-0.39, 0.29) is 31.1 Å². The van der Waals surface area contributed by atoms with E-state index in [4.69, 9.17) is 14.2 Å². The first-order valence-electron chi connectivity index (χ1n) is 23.2. The van der Waals surface area contributed by atoms with Crippen LogP contribution in [0, 0.1) is 11.8 Å². The molecule has 0 aromatic heterocycles. The quantitative estimate of drug-likeness (QED) is 0.0352. The molecule has 0 rings (SSSR count). The zero-order chi connectivity index (χ0) is 39.0. The third-order valence-electron chi connectivity index (χ3n) is 10.5. The third kappa shape index (κ3) is 41.4. The Bertz CT molecular complexity index is 809. The van der Waals surface area contributed by atoms with Crippen LogP contribution >= 0.6 is 0 Å². The number of esters is 3. The fraction of sp³-hybridized carbons (Fsp3) is 0.936. The van der Waals surface area contributed by atoms with Crippen molar-refractivity contribution in [2.75, 3.05) is 13.2 Å². The summed E-state index contributed by atoms with van der Waals surface area (Å²) in [7, 11) is 0. The molecule has 0 spiro atoms. The Kier molecular flexibility index (Phi) is 38.9. The highest BCUT2D eigenvalue weighted by atomic mass is 16.6. The molecule has 0 aliphatic heterocycles. The van der Waals surface area contributed by atoms with Crippen molar-refractivity contribution in [1.29, 1.82) is 0 Å². The van der Waals surface area contributed by atoms with Gasteiger partial charge < -0.3 is 14.2 Å². The summed E-state index contributed by atoms with van der Waals surface area (Å²) in [5.41, 5.74) is 0. The van der Waals surface area contributed by atoms with Gasteiger partial charge >= 0.3 is 17.9 Å². The van der Waals surface area contributed by atoms with Gasteiger partial charge in [-0.3, -0.25) is 14.4 Å². The van der Waals surface area contributed by atoms with Crippen LogP contribution < -0.4 is 0 Å². The first-order chi connectivity index (χ1) is 25.7. The molecule has 6 nitrogen and oxygen atoms in total. The maximum absolute atomic E-state index is 12.7. The van der Waals surface area contributed by atoms with E-state index in [2.05, 4.69) is 34.6 Å². The molecule has 0 saturated heterocycles. The fourth-order valence-electron chi connectivity index (χ4n) is 6.93. The highest BCUT2D eigenvalue weighted by Crippen LogP contribution is 2.16. The van der Waals surface area contributed by atoms with Gasteiger partial charge in [-0.05, 0) is 31.1 Å². The van der Waals surface area contributed by atoms with E-state index in [0.29, 0.717) is 19.3 Å². The van der Waals surface area contributed by atoms with Crippen LogP contribution in [0.15, 0.2) is 0 Å². The number of hydrogen-bond acceptors (Lipinski definition) is 6. The van der Waals surface area contributed by atoms with Crippen molar-refractivity contribution in [1.82, 2.24) is 0 Å². The second-order valence-electron chi connectivity index (χ2n) is 17.0. The fourth-order valence-corrected chi connectivity index (χ4v) is 6.93. The van der Waals surface area contributed by atoms with Crippen molar-refractivity contribution in [3.8, 4) is 0 Å². The summed E-state index contributed by atoms with van der Waals surface area (Å²) < 4.78 is 16.7. The summed E-state index contributed by atoms with van der Waals surface area (Å²) in [5.74, 6) is 0.754. The van der Waals surface area contributed by atoms with Gasteiger partial charge in [0.2, 0.25) is 0 Å². The summed E-state index contributed by atoms with van der Waals surface area (Å²) in [6, 6.07) is 0. The van der Waals surface area contributed by atoms with Crippen LogP contribution in [0.4, 0.5) is 0 Å². The molecule has 0 heterocycles. The highest BCUT2D eigenvalue weighted by molar-refractivity contribution is 5.71. The molecule has 0 unspecified atom stereocenters. The minimum Gasteiger partial charge on any atom is -0.462 e. The number of carbonyl (C=O) groups is 3. The maximum atomic E-state index is 12.7. The van der Waals surface area contributed by atoms with Crippen molar-refractivity contribution >= 4 is 17.9 Å². The molecule has 0 amide bonds. The lowest BCUT2D eigenvalue weighted by Crippen LogP contribution is -2.30. The molecule has 0 aromatic rings. The third-order valence-corrected chi connectivity index (χ3v) is 10.5. The molecule has 6 heteroatoms. The van der Waals surface area contributed by atoms with Crippen molar-refractivity contribution in [3.05, 3.63) is 0 Å². The molecule has 0 aliphatic carbocycles. The smallest absolute Gasteiger partial charge is 0.306 e. The van der Waals surface area contributed by atoms with Gasteiger partial charge in [0.1, 0.15) is 13.2 Å². The number of rotatable bonds is 41. The minimum absolute atomic E-state index is 0.0651. The molecule has 0 radical (unpaired) electrons.